The number of hydrogen-bond donors (Lipinski definition) is 1. The monoisotopic (exact) mass is 400 g/mol. The maximum atomic E-state index is 12.6. The zero-order valence-corrected chi connectivity index (χ0v) is 17.4. The summed E-state index contributed by atoms with van der Waals surface area (Å²) in [5.74, 6) is 0.676. The molecule has 2 aromatic rings. The molecule has 0 atom stereocenters. The highest BCUT2D eigenvalue weighted by Gasteiger charge is 2.24. The van der Waals surface area contributed by atoms with Gasteiger partial charge in [-0.05, 0) is 61.9 Å². The summed E-state index contributed by atoms with van der Waals surface area (Å²) in [5, 5.41) is 2.83. The molecule has 150 valence electrons. The number of hydrogen-bond acceptors (Lipinski definition) is 4. The maximum Gasteiger partial charge on any atom is 0.263 e. The number of amides is 2. The van der Waals surface area contributed by atoms with Gasteiger partial charge in [-0.15, -0.1) is 11.3 Å². The van der Waals surface area contributed by atoms with Crippen LogP contribution in [0.4, 0.5) is 0 Å². The highest BCUT2D eigenvalue weighted by atomic mass is 32.1. The van der Waals surface area contributed by atoms with Crippen molar-refractivity contribution >= 4 is 23.2 Å². The predicted molar refractivity (Wildman–Crippen MR) is 112 cm³/mol. The lowest BCUT2D eigenvalue weighted by Crippen LogP contribution is -2.38. The third kappa shape index (κ3) is 5.42. The Morgan fingerprint density at radius 1 is 1.14 bits per heavy atom. The van der Waals surface area contributed by atoms with Gasteiger partial charge < -0.3 is 15.0 Å². The molecule has 1 aliphatic heterocycles. The summed E-state index contributed by atoms with van der Waals surface area (Å²) in [6, 6.07) is 11.8. The van der Waals surface area contributed by atoms with Crippen LogP contribution in [0.2, 0.25) is 0 Å². The Hall–Kier alpha value is -2.18. The number of aryl methyl sites for hydroxylation is 1. The third-order valence-electron chi connectivity index (χ3n) is 5.19. The summed E-state index contributed by atoms with van der Waals surface area (Å²) >= 11 is 1.57. The Bertz CT molecular complexity index is 792. The summed E-state index contributed by atoms with van der Waals surface area (Å²) in [6.07, 6.45) is 3.04. The highest BCUT2D eigenvalue weighted by molar-refractivity contribution is 7.13. The van der Waals surface area contributed by atoms with E-state index in [2.05, 4.69) is 5.32 Å². The molecule has 0 radical (unpaired) electrons. The number of carbonyl (C=O) groups excluding carboxylic acids is 2. The van der Waals surface area contributed by atoms with Gasteiger partial charge in [0.25, 0.3) is 11.8 Å². The minimum atomic E-state index is -0.0702. The number of rotatable bonds is 7. The molecule has 6 heteroatoms. The molecule has 1 aliphatic rings. The molecule has 2 heterocycles. The van der Waals surface area contributed by atoms with Crippen LogP contribution in [0.1, 0.15) is 43.3 Å². The molecular weight excluding hydrogens is 372 g/mol. The third-order valence-corrected chi connectivity index (χ3v) is 6.17. The molecule has 1 aromatic heterocycles. The van der Waals surface area contributed by atoms with E-state index in [0.29, 0.717) is 24.6 Å². The molecule has 1 saturated heterocycles. The van der Waals surface area contributed by atoms with E-state index in [1.54, 1.807) is 18.4 Å². The Morgan fingerprint density at radius 2 is 1.86 bits per heavy atom. The molecule has 0 bridgehead atoms. The summed E-state index contributed by atoms with van der Waals surface area (Å²) in [4.78, 5) is 28.6. The predicted octanol–water partition coefficient (Wildman–Crippen LogP) is 3.53. The lowest BCUT2D eigenvalue weighted by atomic mass is 9.90. The topological polar surface area (TPSA) is 58.6 Å². The van der Waals surface area contributed by atoms with Crippen molar-refractivity contribution in [2.24, 2.45) is 5.92 Å². The van der Waals surface area contributed by atoms with E-state index in [1.165, 1.54) is 10.4 Å². The van der Waals surface area contributed by atoms with Crippen LogP contribution in [0.5, 0.6) is 0 Å². The van der Waals surface area contributed by atoms with Crippen LogP contribution < -0.4 is 5.32 Å². The van der Waals surface area contributed by atoms with Gasteiger partial charge in [0.1, 0.15) is 0 Å². The van der Waals surface area contributed by atoms with Gasteiger partial charge in [-0.1, -0.05) is 12.1 Å². The zero-order valence-electron chi connectivity index (χ0n) is 16.6. The minimum absolute atomic E-state index is 0.0702. The largest absolute Gasteiger partial charge is 0.383 e. The molecule has 0 unspecified atom stereocenters. The Kier molecular flexibility index (Phi) is 7.23. The highest BCUT2D eigenvalue weighted by Crippen LogP contribution is 2.25. The van der Waals surface area contributed by atoms with Gasteiger partial charge in [0.15, 0.2) is 0 Å². The molecular formula is C22H28N2O3S. The van der Waals surface area contributed by atoms with Crippen LogP contribution in [0.25, 0.3) is 0 Å². The SMILES string of the molecule is COCCNC(=O)c1ccc(CC2CCN(C(=O)c3ccc(C)s3)CC2)cc1. The zero-order chi connectivity index (χ0) is 19.9. The molecule has 0 spiro atoms. The lowest BCUT2D eigenvalue weighted by Gasteiger charge is -2.31. The normalized spacial score (nSPS) is 14.9. The first-order valence-electron chi connectivity index (χ1n) is 9.78. The average Bonchev–Trinajstić information content (AvgIpc) is 3.15. The van der Waals surface area contributed by atoms with Gasteiger partial charge >= 0.3 is 0 Å². The number of methoxy groups -OCH3 is 1. The number of carbonyl (C=O) groups is 2. The molecule has 1 N–H and O–H groups in total. The number of likely N-dealkylation sites (tertiary alicyclic amines) is 1. The smallest absolute Gasteiger partial charge is 0.263 e. The van der Waals surface area contributed by atoms with E-state index in [9.17, 15) is 9.59 Å². The standard InChI is InChI=1S/C22H28N2O3S/c1-16-3-8-20(28-16)22(26)24-12-9-18(10-13-24)15-17-4-6-19(7-5-17)21(25)23-11-14-27-2/h3-8,18H,9-15H2,1-2H3,(H,23,25). The summed E-state index contributed by atoms with van der Waals surface area (Å²) < 4.78 is 4.94. The molecule has 1 fully saturated rings. The second-order valence-electron chi connectivity index (χ2n) is 7.30. The Balaban J connectivity index is 1.46. The second kappa shape index (κ2) is 9.85. The van der Waals surface area contributed by atoms with Crippen molar-refractivity contribution in [1.82, 2.24) is 10.2 Å². The van der Waals surface area contributed by atoms with Gasteiger partial charge in [-0.2, -0.15) is 0 Å². The first-order valence-corrected chi connectivity index (χ1v) is 10.6. The second-order valence-corrected chi connectivity index (χ2v) is 8.58. The summed E-state index contributed by atoms with van der Waals surface area (Å²) in [6.45, 7) is 4.69. The average molecular weight is 401 g/mol. The number of nitrogens with zero attached hydrogens (tertiary/aromatic N) is 1. The van der Waals surface area contributed by atoms with Crippen molar-refractivity contribution in [2.45, 2.75) is 26.2 Å². The fourth-order valence-corrected chi connectivity index (χ4v) is 4.38. The summed E-state index contributed by atoms with van der Waals surface area (Å²) in [7, 11) is 1.62. The number of thiophene rings is 1. The number of ether oxygens (including phenoxy) is 1. The van der Waals surface area contributed by atoms with Crippen molar-refractivity contribution in [3.05, 3.63) is 57.3 Å². The van der Waals surface area contributed by atoms with Crippen LogP contribution in [-0.4, -0.2) is 50.1 Å². The quantitative estimate of drug-likeness (QED) is 0.724. The van der Waals surface area contributed by atoms with Crippen LogP contribution in [0, 0.1) is 12.8 Å². The molecule has 0 saturated carbocycles. The Morgan fingerprint density at radius 3 is 2.46 bits per heavy atom. The molecule has 2 amide bonds. The van der Waals surface area contributed by atoms with Gasteiger partial charge in [0.2, 0.25) is 0 Å². The van der Waals surface area contributed by atoms with Crippen LogP contribution in [-0.2, 0) is 11.2 Å². The fraction of sp³-hybridized carbons (Fsp3) is 0.455. The van der Waals surface area contributed by atoms with Crippen LogP contribution >= 0.6 is 11.3 Å². The van der Waals surface area contributed by atoms with Crippen molar-refractivity contribution in [2.75, 3.05) is 33.4 Å². The summed E-state index contributed by atoms with van der Waals surface area (Å²) in [5.41, 5.74) is 1.92. The fourth-order valence-electron chi connectivity index (χ4n) is 3.54. The first-order chi connectivity index (χ1) is 13.6. The van der Waals surface area contributed by atoms with Gasteiger partial charge in [0, 0.05) is 37.2 Å². The van der Waals surface area contributed by atoms with Crippen molar-refractivity contribution in [3.63, 3.8) is 0 Å². The molecule has 1 aromatic carbocycles. The Labute approximate surface area is 170 Å². The molecule has 0 aliphatic carbocycles. The van der Waals surface area contributed by atoms with Gasteiger partial charge in [-0.25, -0.2) is 0 Å². The van der Waals surface area contributed by atoms with E-state index in [1.807, 2.05) is 48.2 Å². The van der Waals surface area contributed by atoms with Gasteiger partial charge in [-0.3, -0.25) is 9.59 Å². The molecule has 5 nitrogen and oxygen atoms in total. The molecule has 3 rings (SSSR count). The van der Waals surface area contributed by atoms with Crippen LogP contribution in [0.15, 0.2) is 36.4 Å². The van der Waals surface area contributed by atoms with Crippen molar-refractivity contribution < 1.29 is 14.3 Å². The van der Waals surface area contributed by atoms with E-state index in [0.717, 1.165) is 37.2 Å². The molecule has 28 heavy (non-hydrogen) atoms. The number of piperidine rings is 1. The van der Waals surface area contributed by atoms with Crippen molar-refractivity contribution in [3.8, 4) is 0 Å². The van der Waals surface area contributed by atoms with E-state index < -0.39 is 0 Å². The number of benzene rings is 1. The van der Waals surface area contributed by atoms with Crippen molar-refractivity contribution in [1.29, 1.82) is 0 Å². The van der Waals surface area contributed by atoms with E-state index in [-0.39, 0.29) is 11.8 Å². The van der Waals surface area contributed by atoms with Gasteiger partial charge in [0.05, 0.1) is 11.5 Å². The van der Waals surface area contributed by atoms with E-state index in [4.69, 9.17) is 4.74 Å². The van der Waals surface area contributed by atoms with E-state index >= 15 is 0 Å². The maximum absolute atomic E-state index is 12.6. The van der Waals surface area contributed by atoms with Crippen LogP contribution in [0.3, 0.4) is 0 Å². The lowest BCUT2D eigenvalue weighted by molar-refractivity contribution is 0.0695. The minimum Gasteiger partial charge on any atom is -0.383 e. The number of nitrogens with one attached hydrogen (secondary N) is 1. The first kappa shape index (κ1) is 20.6.